The van der Waals surface area contributed by atoms with Crippen molar-refractivity contribution in [1.29, 1.82) is 0 Å². The standard InChI is InChI=1S/C15H22O8/c1-14(2,3)22-12(19)11(13(20)23-15(4,5)6)21-10(18)8-7-9(16)17/h7-8,11H,1-6H3,(H,16,17)/b8-7-. The van der Waals surface area contributed by atoms with Crippen molar-refractivity contribution in [2.24, 2.45) is 0 Å². The molecule has 0 amide bonds. The van der Waals surface area contributed by atoms with E-state index in [-0.39, 0.29) is 0 Å². The average molecular weight is 330 g/mol. The van der Waals surface area contributed by atoms with Gasteiger partial charge in [-0.1, -0.05) is 0 Å². The van der Waals surface area contributed by atoms with Crippen molar-refractivity contribution in [2.45, 2.75) is 58.8 Å². The fourth-order valence-corrected chi connectivity index (χ4v) is 1.20. The number of carbonyl (C=O) groups is 4. The van der Waals surface area contributed by atoms with Crippen molar-refractivity contribution in [2.75, 3.05) is 0 Å². The Hall–Kier alpha value is -2.38. The minimum absolute atomic E-state index is 0.517. The summed E-state index contributed by atoms with van der Waals surface area (Å²) in [4.78, 5) is 45.9. The number of ether oxygens (including phenoxy) is 3. The van der Waals surface area contributed by atoms with E-state index in [1.807, 2.05) is 0 Å². The Morgan fingerprint density at radius 1 is 0.826 bits per heavy atom. The van der Waals surface area contributed by atoms with E-state index in [0.29, 0.717) is 12.2 Å². The maximum Gasteiger partial charge on any atom is 0.359 e. The molecule has 0 heterocycles. The molecule has 0 aromatic heterocycles. The molecule has 0 bridgehead atoms. The molecule has 1 N–H and O–H groups in total. The average Bonchev–Trinajstić information content (AvgIpc) is 2.28. The van der Waals surface area contributed by atoms with E-state index in [2.05, 4.69) is 4.74 Å². The Kier molecular flexibility index (Phi) is 6.95. The number of carboxylic acids is 1. The predicted molar refractivity (Wildman–Crippen MR) is 78.3 cm³/mol. The molecule has 0 spiro atoms. The number of aliphatic carboxylic acids is 1. The molecule has 0 aromatic rings. The maximum atomic E-state index is 12.0. The molecule has 0 aliphatic rings. The Balaban J connectivity index is 5.22. The molecule has 0 rings (SSSR count). The molecule has 0 saturated heterocycles. The van der Waals surface area contributed by atoms with Crippen LogP contribution in [0.25, 0.3) is 0 Å². The smallest absolute Gasteiger partial charge is 0.359 e. The van der Waals surface area contributed by atoms with Gasteiger partial charge in [0.25, 0.3) is 6.10 Å². The molecule has 0 atom stereocenters. The first kappa shape index (κ1) is 20.6. The number of carboxylic acid groups (broad SMARTS) is 1. The molecule has 0 fully saturated rings. The summed E-state index contributed by atoms with van der Waals surface area (Å²) < 4.78 is 14.7. The molecular formula is C15H22O8. The van der Waals surface area contributed by atoms with Crippen LogP contribution >= 0.6 is 0 Å². The fraction of sp³-hybridized carbons (Fsp3) is 0.600. The third-order valence-electron chi connectivity index (χ3n) is 1.84. The van der Waals surface area contributed by atoms with E-state index in [9.17, 15) is 19.2 Å². The summed E-state index contributed by atoms with van der Waals surface area (Å²) in [7, 11) is 0. The van der Waals surface area contributed by atoms with Crippen LogP contribution in [0, 0.1) is 0 Å². The van der Waals surface area contributed by atoms with Gasteiger partial charge in [0.15, 0.2) is 0 Å². The van der Waals surface area contributed by atoms with E-state index in [1.165, 1.54) is 0 Å². The van der Waals surface area contributed by atoms with Gasteiger partial charge in [0.2, 0.25) is 0 Å². The summed E-state index contributed by atoms with van der Waals surface area (Å²) in [6.07, 6.45) is -0.854. The summed E-state index contributed by atoms with van der Waals surface area (Å²) >= 11 is 0. The van der Waals surface area contributed by atoms with Gasteiger partial charge in [0.05, 0.1) is 0 Å². The van der Waals surface area contributed by atoms with Crippen LogP contribution in [-0.4, -0.2) is 46.3 Å². The van der Waals surface area contributed by atoms with Crippen LogP contribution in [0.3, 0.4) is 0 Å². The van der Waals surface area contributed by atoms with Crippen LogP contribution in [-0.2, 0) is 33.4 Å². The van der Waals surface area contributed by atoms with Crippen LogP contribution in [0.4, 0.5) is 0 Å². The monoisotopic (exact) mass is 330 g/mol. The number of hydrogen-bond donors (Lipinski definition) is 1. The summed E-state index contributed by atoms with van der Waals surface area (Å²) in [6, 6.07) is 0. The zero-order valence-corrected chi connectivity index (χ0v) is 14.0. The van der Waals surface area contributed by atoms with Crippen LogP contribution in [0.5, 0.6) is 0 Å². The Morgan fingerprint density at radius 2 is 1.22 bits per heavy atom. The molecule has 23 heavy (non-hydrogen) atoms. The first-order valence-corrected chi connectivity index (χ1v) is 6.78. The van der Waals surface area contributed by atoms with Crippen molar-refractivity contribution in [3.8, 4) is 0 Å². The third-order valence-corrected chi connectivity index (χ3v) is 1.84. The Labute approximate surface area is 134 Å². The van der Waals surface area contributed by atoms with E-state index in [0.717, 1.165) is 0 Å². The second-order valence-corrected chi connectivity index (χ2v) is 6.56. The number of esters is 3. The van der Waals surface area contributed by atoms with Crippen molar-refractivity contribution in [3.63, 3.8) is 0 Å². The van der Waals surface area contributed by atoms with Crippen molar-refractivity contribution in [3.05, 3.63) is 12.2 Å². The third kappa shape index (κ3) is 10.0. The highest BCUT2D eigenvalue weighted by atomic mass is 16.6. The molecular weight excluding hydrogens is 308 g/mol. The maximum absolute atomic E-state index is 12.0. The van der Waals surface area contributed by atoms with Crippen LogP contribution < -0.4 is 0 Å². The van der Waals surface area contributed by atoms with Gasteiger partial charge >= 0.3 is 23.9 Å². The van der Waals surface area contributed by atoms with E-state index >= 15 is 0 Å². The zero-order valence-electron chi connectivity index (χ0n) is 14.0. The van der Waals surface area contributed by atoms with Gasteiger partial charge < -0.3 is 19.3 Å². The molecule has 0 aromatic carbocycles. The lowest BCUT2D eigenvalue weighted by atomic mass is 10.2. The van der Waals surface area contributed by atoms with Gasteiger partial charge in [-0.05, 0) is 41.5 Å². The molecule has 0 saturated carbocycles. The van der Waals surface area contributed by atoms with Crippen molar-refractivity contribution in [1.82, 2.24) is 0 Å². The largest absolute Gasteiger partial charge is 0.478 e. The summed E-state index contributed by atoms with van der Waals surface area (Å²) in [5.74, 6) is -4.78. The van der Waals surface area contributed by atoms with Crippen molar-refractivity contribution >= 4 is 23.9 Å². The van der Waals surface area contributed by atoms with E-state index < -0.39 is 41.2 Å². The van der Waals surface area contributed by atoms with Gasteiger partial charge in [0, 0.05) is 12.2 Å². The first-order valence-electron chi connectivity index (χ1n) is 6.78. The number of carbonyl (C=O) groups excluding carboxylic acids is 3. The molecule has 130 valence electrons. The first-order chi connectivity index (χ1) is 10.2. The molecule has 8 nitrogen and oxygen atoms in total. The topological polar surface area (TPSA) is 116 Å². The molecule has 8 heteroatoms. The second kappa shape index (κ2) is 7.75. The van der Waals surface area contributed by atoms with Crippen LogP contribution in [0.2, 0.25) is 0 Å². The lowest BCUT2D eigenvalue weighted by molar-refractivity contribution is -0.188. The summed E-state index contributed by atoms with van der Waals surface area (Å²) in [5.41, 5.74) is -1.83. The quantitative estimate of drug-likeness (QED) is 0.346. The predicted octanol–water partition coefficient (Wildman–Crippen LogP) is 1.22. The molecule has 0 aliphatic heterocycles. The highest BCUT2D eigenvalue weighted by molar-refractivity contribution is 6.01. The minimum Gasteiger partial charge on any atom is -0.478 e. The normalized spacial score (nSPS) is 12.1. The number of hydrogen-bond acceptors (Lipinski definition) is 7. The lowest BCUT2D eigenvalue weighted by Crippen LogP contribution is -2.43. The van der Waals surface area contributed by atoms with Gasteiger partial charge in [-0.2, -0.15) is 0 Å². The van der Waals surface area contributed by atoms with Crippen LogP contribution in [0.1, 0.15) is 41.5 Å². The lowest BCUT2D eigenvalue weighted by Gasteiger charge is -2.25. The van der Waals surface area contributed by atoms with Crippen molar-refractivity contribution < 1.29 is 38.5 Å². The zero-order chi connectivity index (χ0) is 18.4. The van der Waals surface area contributed by atoms with Gasteiger partial charge in [-0.25, -0.2) is 19.2 Å². The van der Waals surface area contributed by atoms with Gasteiger partial charge in [-0.15, -0.1) is 0 Å². The Morgan fingerprint density at radius 3 is 1.52 bits per heavy atom. The van der Waals surface area contributed by atoms with E-state index in [1.54, 1.807) is 41.5 Å². The Bertz CT molecular complexity index is 477. The number of rotatable bonds is 5. The second-order valence-electron chi connectivity index (χ2n) is 6.56. The highest BCUT2D eigenvalue weighted by Gasteiger charge is 2.37. The summed E-state index contributed by atoms with van der Waals surface area (Å²) in [5, 5.41) is 8.44. The van der Waals surface area contributed by atoms with E-state index in [4.69, 9.17) is 14.6 Å². The summed E-state index contributed by atoms with van der Waals surface area (Å²) in [6.45, 7) is 9.44. The fourth-order valence-electron chi connectivity index (χ4n) is 1.20. The highest BCUT2D eigenvalue weighted by Crippen LogP contribution is 2.14. The van der Waals surface area contributed by atoms with Crippen LogP contribution in [0.15, 0.2) is 12.2 Å². The SMILES string of the molecule is CC(C)(C)OC(=O)C(OC(=O)/C=C\C(=O)O)C(=O)OC(C)(C)C. The van der Waals surface area contributed by atoms with Gasteiger partial charge in [-0.3, -0.25) is 0 Å². The molecule has 0 unspecified atom stereocenters. The molecule has 0 radical (unpaired) electrons. The molecule has 0 aliphatic carbocycles. The minimum atomic E-state index is -1.95. The van der Waals surface area contributed by atoms with Gasteiger partial charge in [0.1, 0.15) is 11.2 Å².